The van der Waals surface area contributed by atoms with Gasteiger partial charge < -0.3 is 9.47 Å². The van der Waals surface area contributed by atoms with Crippen LogP contribution < -0.4 is 4.74 Å². The molecule has 0 radical (unpaired) electrons. The van der Waals surface area contributed by atoms with Crippen molar-refractivity contribution in [2.45, 2.75) is 77.2 Å². The summed E-state index contributed by atoms with van der Waals surface area (Å²) in [5, 5.41) is 10.2. The lowest BCUT2D eigenvalue weighted by atomic mass is 9.46. The summed E-state index contributed by atoms with van der Waals surface area (Å²) in [6.45, 7) is 5.64. The van der Waals surface area contributed by atoms with E-state index in [1.807, 2.05) is 0 Å². The molecule has 5 fully saturated rings. The van der Waals surface area contributed by atoms with E-state index in [4.69, 9.17) is 9.47 Å². The van der Waals surface area contributed by atoms with E-state index in [0.29, 0.717) is 24.2 Å². The number of benzene rings is 1. The summed E-state index contributed by atoms with van der Waals surface area (Å²) in [4.78, 5) is 12.5. The molecule has 6 rings (SSSR count). The van der Waals surface area contributed by atoms with Gasteiger partial charge in [0.1, 0.15) is 23.8 Å². The van der Waals surface area contributed by atoms with Crippen molar-refractivity contribution in [3.05, 3.63) is 29.1 Å². The van der Waals surface area contributed by atoms with E-state index in [0.717, 1.165) is 55.9 Å². The Kier molecular flexibility index (Phi) is 4.84. The molecular formula is C26H32FNO3. The average Bonchev–Trinajstić information content (AvgIpc) is 3.51. The molecule has 4 nitrogen and oxygen atoms in total. The van der Waals surface area contributed by atoms with Gasteiger partial charge in [-0.3, -0.25) is 0 Å². The van der Waals surface area contributed by atoms with E-state index in [9.17, 15) is 14.4 Å². The van der Waals surface area contributed by atoms with Gasteiger partial charge in [-0.25, -0.2) is 9.18 Å². The Morgan fingerprint density at radius 3 is 2.26 bits per heavy atom. The van der Waals surface area contributed by atoms with Crippen molar-refractivity contribution >= 4 is 5.97 Å². The molecule has 31 heavy (non-hydrogen) atoms. The maximum atomic E-state index is 14.9. The molecule has 5 aliphatic carbocycles. The van der Waals surface area contributed by atoms with Gasteiger partial charge >= 0.3 is 5.97 Å². The average molecular weight is 426 g/mol. The van der Waals surface area contributed by atoms with Gasteiger partial charge in [0.15, 0.2) is 0 Å². The first-order valence-corrected chi connectivity index (χ1v) is 11.8. The van der Waals surface area contributed by atoms with E-state index in [-0.39, 0.29) is 11.5 Å². The Morgan fingerprint density at radius 2 is 1.74 bits per heavy atom. The second-order valence-corrected chi connectivity index (χ2v) is 11.4. The van der Waals surface area contributed by atoms with Gasteiger partial charge in [0, 0.05) is 6.07 Å². The number of carbonyl (C=O) groups is 1. The van der Waals surface area contributed by atoms with Crippen LogP contribution in [0.4, 0.5) is 4.39 Å². The summed E-state index contributed by atoms with van der Waals surface area (Å²) in [6.07, 6.45) is 7.87. The number of hydrogen-bond acceptors (Lipinski definition) is 4. The smallest absolute Gasteiger partial charge is 0.341 e. The van der Waals surface area contributed by atoms with Gasteiger partial charge in [-0.05, 0) is 107 Å². The lowest BCUT2D eigenvalue weighted by molar-refractivity contribution is -0.0943. The van der Waals surface area contributed by atoms with E-state index >= 15 is 0 Å². The third-order valence-electron chi connectivity index (χ3n) is 8.01. The van der Waals surface area contributed by atoms with Crippen LogP contribution in [0.1, 0.15) is 87.6 Å². The van der Waals surface area contributed by atoms with Crippen LogP contribution in [0.5, 0.6) is 5.75 Å². The van der Waals surface area contributed by atoms with Gasteiger partial charge in [-0.15, -0.1) is 0 Å². The molecule has 4 bridgehead atoms. The van der Waals surface area contributed by atoms with E-state index < -0.39 is 22.8 Å². The van der Waals surface area contributed by atoms with Crippen LogP contribution in [0, 0.1) is 46.2 Å². The number of ether oxygens (including phenoxy) is 2. The van der Waals surface area contributed by atoms with Gasteiger partial charge in [0.25, 0.3) is 0 Å². The fraction of sp³-hybridized carbons (Fsp3) is 0.692. The highest BCUT2D eigenvalue weighted by Crippen LogP contribution is 2.62. The van der Waals surface area contributed by atoms with Crippen molar-refractivity contribution in [1.82, 2.24) is 0 Å². The molecule has 1 aromatic carbocycles. The molecule has 1 aromatic rings. The lowest BCUT2D eigenvalue weighted by Gasteiger charge is -2.58. The van der Waals surface area contributed by atoms with Crippen molar-refractivity contribution < 1.29 is 18.7 Å². The fourth-order valence-electron chi connectivity index (χ4n) is 6.57. The molecule has 0 N–H and O–H groups in total. The van der Waals surface area contributed by atoms with Crippen molar-refractivity contribution in [2.24, 2.45) is 29.1 Å². The molecule has 0 unspecified atom stereocenters. The summed E-state index contributed by atoms with van der Waals surface area (Å²) >= 11 is 0. The molecule has 0 amide bonds. The lowest BCUT2D eigenvalue weighted by Crippen LogP contribution is -2.54. The number of nitriles is 1. The highest BCUT2D eigenvalue weighted by atomic mass is 19.1. The first-order chi connectivity index (χ1) is 14.7. The van der Waals surface area contributed by atoms with Crippen LogP contribution in [0.2, 0.25) is 0 Å². The molecule has 5 aliphatic rings. The number of carbonyl (C=O) groups excluding carboxylic acids is 1. The number of hydrogen-bond donors (Lipinski definition) is 0. The third-order valence-corrected chi connectivity index (χ3v) is 8.01. The summed E-state index contributed by atoms with van der Waals surface area (Å²) in [7, 11) is 0. The normalized spacial score (nSPS) is 33.8. The minimum Gasteiger partial charge on any atom is -0.491 e. The zero-order valence-corrected chi connectivity index (χ0v) is 18.7. The zero-order chi connectivity index (χ0) is 22.0. The minimum atomic E-state index is -0.683. The van der Waals surface area contributed by atoms with Crippen LogP contribution in [0.15, 0.2) is 12.1 Å². The number of esters is 1. The first-order valence-electron chi connectivity index (χ1n) is 11.8. The van der Waals surface area contributed by atoms with Crippen molar-refractivity contribution in [1.29, 1.82) is 5.26 Å². The number of halogens is 1. The highest BCUT2D eigenvalue weighted by Gasteiger charge is 2.58. The summed E-state index contributed by atoms with van der Waals surface area (Å²) in [5.74, 6) is 1.85. The minimum absolute atomic E-state index is 0.0335. The van der Waals surface area contributed by atoms with Crippen LogP contribution in [0.3, 0.4) is 0 Å². The van der Waals surface area contributed by atoms with Crippen molar-refractivity contribution in [2.75, 3.05) is 6.61 Å². The second kappa shape index (κ2) is 7.22. The largest absolute Gasteiger partial charge is 0.491 e. The molecule has 0 saturated heterocycles. The van der Waals surface area contributed by atoms with E-state index in [1.54, 1.807) is 26.8 Å². The molecule has 0 spiro atoms. The monoisotopic (exact) mass is 425 g/mol. The first kappa shape index (κ1) is 20.8. The van der Waals surface area contributed by atoms with Gasteiger partial charge in [0.05, 0.1) is 17.0 Å². The molecule has 5 heteroatoms. The molecule has 0 aromatic heterocycles. The Balaban J connectivity index is 1.40. The van der Waals surface area contributed by atoms with Crippen LogP contribution in [0.25, 0.3) is 0 Å². The second-order valence-electron chi connectivity index (χ2n) is 11.4. The van der Waals surface area contributed by atoms with Gasteiger partial charge in [-0.1, -0.05) is 0 Å². The summed E-state index contributed by atoms with van der Waals surface area (Å²) in [5.41, 5.74) is -0.306. The summed E-state index contributed by atoms with van der Waals surface area (Å²) < 4.78 is 26.6. The SMILES string of the molecule is CC(C)(C)OC(=O)c1cc(C2CC2)c(OCC2(C#N)C3CC4CC(C3)CC2C4)cc1F. The van der Waals surface area contributed by atoms with Crippen LogP contribution >= 0.6 is 0 Å². The van der Waals surface area contributed by atoms with Crippen LogP contribution in [-0.4, -0.2) is 18.2 Å². The fourth-order valence-corrected chi connectivity index (χ4v) is 6.57. The molecule has 0 heterocycles. The molecule has 5 saturated carbocycles. The quantitative estimate of drug-likeness (QED) is 0.543. The highest BCUT2D eigenvalue weighted by molar-refractivity contribution is 5.90. The number of rotatable bonds is 5. The van der Waals surface area contributed by atoms with Crippen molar-refractivity contribution in [3.8, 4) is 11.8 Å². The summed E-state index contributed by atoms with van der Waals surface area (Å²) in [6, 6.07) is 5.63. The zero-order valence-electron chi connectivity index (χ0n) is 18.7. The topological polar surface area (TPSA) is 59.3 Å². The van der Waals surface area contributed by atoms with E-state index in [1.165, 1.54) is 12.5 Å². The Hall–Kier alpha value is -2.09. The standard InChI is InChI=1S/C26H32FNO3/c1-25(2,3)31-24(29)21-11-20(17-4-5-17)23(12-22(21)27)30-14-26(13-28)18-7-15-6-16(9-18)10-19(26)8-15/h11-12,15-19H,4-10,14H2,1-3H3. The van der Waals surface area contributed by atoms with Gasteiger partial charge in [0.2, 0.25) is 0 Å². The van der Waals surface area contributed by atoms with Crippen LogP contribution in [-0.2, 0) is 4.74 Å². The predicted octanol–water partition coefficient (Wildman–Crippen LogP) is 6.00. The van der Waals surface area contributed by atoms with Gasteiger partial charge in [-0.2, -0.15) is 5.26 Å². The Morgan fingerprint density at radius 1 is 1.13 bits per heavy atom. The third kappa shape index (κ3) is 3.73. The van der Waals surface area contributed by atoms with E-state index in [2.05, 4.69) is 6.07 Å². The maximum absolute atomic E-state index is 14.9. The maximum Gasteiger partial charge on any atom is 0.341 e. The Labute approximate surface area is 184 Å². The molecule has 0 aliphatic heterocycles. The predicted molar refractivity (Wildman–Crippen MR) is 114 cm³/mol. The molecule has 0 atom stereocenters. The Bertz CT molecular complexity index is 909. The number of nitrogens with zero attached hydrogens (tertiary/aromatic N) is 1. The van der Waals surface area contributed by atoms with Crippen molar-refractivity contribution in [3.63, 3.8) is 0 Å². The molecular weight excluding hydrogens is 393 g/mol. The molecule has 166 valence electrons.